The van der Waals surface area contributed by atoms with Gasteiger partial charge in [-0.25, -0.2) is 4.39 Å². The fourth-order valence-electron chi connectivity index (χ4n) is 1.99. The monoisotopic (exact) mass is 265 g/mol. The van der Waals surface area contributed by atoms with Crippen LogP contribution in [0.3, 0.4) is 0 Å². The van der Waals surface area contributed by atoms with Crippen LogP contribution >= 0.6 is 12.4 Å². The zero-order valence-electron chi connectivity index (χ0n) is 10.3. The maximum absolute atomic E-state index is 13.8. The van der Waals surface area contributed by atoms with Gasteiger partial charge in [0.2, 0.25) is 0 Å². The maximum atomic E-state index is 13.8. The highest BCUT2D eigenvalue weighted by Gasteiger charge is 2.08. The van der Waals surface area contributed by atoms with Crippen molar-refractivity contribution in [1.82, 2.24) is 0 Å². The maximum Gasteiger partial charge on any atom is 0.131 e. The Labute approximate surface area is 113 Å². The molecule has 2 aromatic rings. The van der Waals surface area contributed by atoms with Crippen molar-refractivity contribution in [3.8, 4) is 11.1 Å². The summed E-state index contributed by atoms with van der Waals surface area (Å²) in [6, 6.07) is 12.9. The summed E-state index contributed by atoms with van der Waals surface area (Å²) >= 11 is 0. The summed E-state index contributed by atoms with van der Waals surface area (Å²) in [4.78, 5) is 0. The molecule has 18 heavy (non-hydrogen) atoms. The lowest BCUT2D eigenvalue weighted by atomic mass is 9.95. The average Bonchev–Trinajstić information content (AvgIpc) is 2.32. The average molecular weight is 266 g/mol. The standard InChI is InChI=1S/C15H16FN.ClH/c1-11-6-7-12(8-9-17)14(10-11)13-4-2-3-5-15(13)16;/h2-7,10H,8-9,17H2,1H3;1H. The van der Waals surface area contributed by atoms with Crippen molar-refractivity contribution in [2.45, 2.75) is 13.3 Å². The molecule has 0 heterocycles. The highest BCUT2D eigenvalue weighted by molar-refractivity contribution is 5.85. The van der Waals surface area contributed by atoms with Gasteiger partial charge in [-0.15, -0.1) is 12.4 Å². The Hall–Kier alpha value is -1.38. The molecule has 0 unspecified atom stereocenters. The summed E-state index contributed by atoms with van der Waals surface area (Å²) in [5.41, 5.74) is 9.42. The Bertz CT molecular complexity index is 526. The molecule has 0 bridgehead atoms. The van der Waals surface area contributed by atoms with Crippen LogP contribution in [-0.4, -0.2) is 6.54 Å². The second-order valence-electron chi connectivity index (χ2n) is 4.18. The van der Waals surface area contributed by atoms with E-state index in [0.717, 1.165) is 23.1 Å². The predicted octanol–water partition coefficient (Wildman–Crippen LogP) is 3.72. The minimum Gasteiger partial charge on any atom is -0.330 e. The third-order valence-electron chi connectivity index (χ3n) is 2.84. The van der Waals surface area contributed by atoms with Crippen molar-refractivity contribution in [2.24, 2.45) is 5.73 Å². The van der Waals surface area contributed by atoms with E-state index >= 15 is 0 Å². The van der Waals surface area contributed by atoms with Gasteiger partial charge in [-0.1, -0.05) is 42.0 Å². The van der Waals surface area contributed by atoms with E-state index in [0.29, 0.717) is 12.1 Å². The van der Waals surface area contributed by atoms with Gasteiger partial charge >= 0.3 is 0 Å². The Morgan fingerprint density at radius 2 is 1.78 bits per heavy atom. The van der Waals surface area contributed by atoms with E-state index in [2.05, 4.69) is 0 Å². The van der Waals surface area contributed by atoms with E-state index in [-0.39, 0.29) is 18.2 Å². The summed E-state index contributed by atoms with van der Waals surface area (Å²) < 4.78 is 13.8. The number of hydrogen-bond acceptors (Lipinski definition) is 1. The van der Waals surface area contributed by atoms with Crippen molar-refractivity contribution < 1.29 is 4.39 Å². The van der Waals surface area contributed by atoms with Crippen LogP contribution in [0.25, 0.3) is 11.1 Å². The largest absolute Gasteiger partial charge is 0.330 e. The van der Waals surface area contributed by atoms with Crippen LogP contribution in [0.2, 0.25) is 0 Å². The first-order chi connectivity index (χ1) is 8.22. The fourth-order valence-corrected chi connectivity index (χ4v) is 1.99. The third-order valence-corrected chi connectivity index (χ3v) is 2.84. The molecule has 0 aliphatic heterocycles. The van der Waals surface area contributed by atoms with Gasteiger partial charge in [-0.05, 0) is 37.1 Å². The van der Waals surface area contributed by atoms with Crippen LogP contribution < -0.4 is 5.73 Å². The van der Waals surface area contributed by atoms with Crippen LogP contribution in [0.5, 0.6) is 0 Å². The molecule has 1 nitrogen and oxygen atoms in total. The molecule has 0 saturated carbocycles. The van der Waals surface area contributed by atoms with Crippen LogP contribution in [0.4, 0.5) is 4.39 Å². The normalized spacial score (nSPS) is 9.94. The van der Waals surface area contributed by atoms with Gasteiger partial charge < -0.3 is 5.73 Å². The molecule has 3 heteroatoms. The van der Waals surface area contributed by atoms with Crippen molar-refractivity contribution in [1.29, 1.82) is 0 Å². The second-order valence-corrected chi connectivity index (χ2v) is 4.18. The molecule has 0 amide bonds. The minimum absolute atomic E-state index is 0. The molecule has 0 radical (unpaired) electrons. The van der Waals surface area contributed by atoms with Crippen molar-refractivity contribution in [2.75, 3.05) is 6.54 Å². The molecule has 96 valence electrons. The van der Waals surface area contributed by atoms with E-state index in [9.17, 15) is 4.39 Å². The molecule has 2 aromatic carbocycles. The van der Waals surface area contributed by atoms with E-state index in [1.165, 1.54) is 6.07 Å². The topological polar surface area (TPSA) is 26.0 Å². The Morgan fingerprint density at radius 1 is 1.06 bits per heavy atom. The Morgan fingerprint density at radius 3 is 2.44 bits per heavy atom. The molecular weight excluding hydrogens is 249 g/mol. The second kappa shape index (κ2) is 6.53. The van der Waals surface area contributed by atoms with E-state index in [4.69, 9.17) is 5.73 Å². The van der Waals surface area contributed by atoms with E-state index in [1.54, 1.807) is 6.07 Å². The van der Waals surface area contributed by atoms with E-state index in [1.807, 2.05) is 37.3 Å². The Balaban J connectivity index is 0.00000162. The quantitative estimate of drug-likeness (QED) is 0.899. The van der Waals surface area contributed by atoms with Crippen LogP contribution in [0.15, 0.2) is 42.5 Å². The lowest BCUT2D eigenvalue weighted by Gasteiger charge is -2.11. The van der Waals surface area contributed by atoms with Gasteiger partial charge in [0.1, 0.15) is 5.82 Å². The molecule has 0 saturated heterocycles. The summed E-state index contributed by atoms with van der Waals surface area (Å²) in [5, 5.41) is 0. The van der Waals surface area contributed by atoms with Crippen LogP contribution in [-0.2, 0) is 6.42 Å². The van der Waals surface area contributed by atoms with Crippen LogP contribution in [0, 0.1) is 12.7 Å². The zero-order valence-corrected chi connectivity index (χ0v) is 11.1. The lowest BCUT2D eigenvalue weighted by Crippen LogP contribution is -2.04. The number of benzene rings is 2. The highest BCUT2D eigenvalue weighted by atomic mass is 35.5. The molecule has 0 spiro atoms. The summed E-state index contributed by atoms with van der Waals surface area (Å²) in [5.74, 6) is -0.184. The lowest BCUT2D eigenvalue weighted by molar-refractivity contribution is 0.631. The molecule has 0 aliphatic rings. The van der Waals surface area contributed by atoms with E-state index < -0.39 is 0 Å². The first-order valence-corrected chi connectivity index (χ1v) is 5.77. The van der Waals surface area contributed by atoms with Crippen molar-refractivity contribution >= 4 is 12.4 Å². The first kappa shape index (κ1) is 14.7. The van der Waals surface area contributed by atoms with Crippen molar-refractivity contribution in [3.05, 3.63) is 59.4 Å². The summed E-state index contributed by atoms with van der Waals surface area (Å²) in [6.45, 7) is 2.58. The highest BCUT2D eigenvalue weighted by Crippen LogP contribution is 2.27. The molecular formula is C15H17ClFN. The summed E-state index contributed by atoms with van der Waals surface area (Å²) in [7, 11) is 0. The molecule has 0 atom stereocenters. The molecule has 0 fully saturated rings. The van der Waals surface area contributed by atoms with Gasteiger partial charge in [-0.2, -0.15) is 0 Å². The first-order valence-electron chi connectivity index (χ1n) is 5.77. The molecule has 0 aliphatic carbocycles. The van der Waals surface area contributed by atoms with Crippen molar-refractivity contribution in [3.63, 3.8) is 0 Å². The van der Waals surface area contributed by atoms with Gasteiger partial charge in [0.15, 0.2) is 0 Å². The minimum atomic E-state index is -0.184. The van der Waals surface area contributed by atoms with Gasteiger partial charge in [0.25, 0.3) is 0 Å². The van der Waals surface area contributed by atoms with Crippen LogP contribution in [0.1, 0.15) is 11.1 Å². The number of halogens is 2. The number of aryl methyl sites for hydroxylation is 1. The number of rotatable bonds is 3. The molecule has 2 N–H and O–H groups in total. The number of hydrogen-bond donors (Lipinski definition) is 1. The Kier molecular flexibility index (Phi) is 5.32. The number of nitrogens with two attached hydrogens (primary N) is 1. The third kappa shape index (κ3) is 3.09. The van der Waals surface area contributed by atoms with Gasteiger partial charge in [0.05, 0.1) is 0 Å². The van der Waals surface area contributed by atoms with Gasteiger partial charge in [-0.3, -0.25) is 0 Å². The molecule has 2 rings (SSSR count). The summed E-state index contributed by atoms with van der Waals surface area (Å²) in [6.07, 6.45) is 0.768. The van der Waals surface area contributed by atoms with Gasteiger partial charge in [0, 0.05) is 5.56 Å². The predicted molar refractivity (Wildman–Crippen MR) is 76.6 cm³/mol. The fraction of sp³-hybridized carbons (Fsp3) is 0.200. The smallest absolute Gasteiger partial charge is 0.131 e. The SMILES string of the molecule is Cc1ccc(CCN)c(-c2ccccc2F)c1.Cl. The molecule has 0 aromatic heterocycles. The zero-order chi connectivity index (χ0) is 12.3.